The summed E-state index contributed by atoms with van der Waals surface area (Å²) < 4.78 is 4.53. The average molecular weight is 447 g/mol. The molecule has 1 aromatic heterocycles. The van der Waals surface area contributed by atoms with Crippen molar-refractivity contribution in [3.63, 3.8) is 0 Å². The molecule has 0 radical (unpaired) electrons. The van der Waals surface area contributed by atoms with Crippen molar-refractivity contribution in [2.24, 2.45) is 0 Å². The van der Waals surface area contributed by atoms with Crippen LogP contribution in [0.3, 0.4) is 0 Å². The van der Waals surface area contributed by atoms with Crippen LogP contribution in [0.1, 0.15) is 33.4 Å². The quantitative estimate of drug-likeness (QED) is 0.573. The molecule has 7 nitrogen and oxygen atoms in total. The van der Waals surface area contributed by atoms with Gasteiger partial charge in [-0.25, -0.2) is 0 Å². The van der Waals surface area contributed by atoms with Gasteiger partial charge in [0.25, 0.3) is 0 Å². The number of halogens is 2. The fourth-order valence-electron chi connectivity index (χ4n) is 3.72. The number of piperazine rings is 1. The first kappa shape index (κ1) is 20.7. The van der Waals surface area contributed by atoms with Crippen molar-refractivity contribution in [3.8, 4) is 0 Å². The minimum Gasteiger partial charge on any atom is -0.359 e. The number of amides is 1. The first-order valence-corrected chi connectivity index (χ1v) is 10.3. The van der Waals surface area contributed by atoms with Gasteiger partial charge >= 0.3 is 11.6 Å². The van der Waals surface area contributed by atoms with Gasteiger partial charge in [-0.2, -0.15) is 0 Å². The molecule has 1 aliphatic heterocycles. The normalized spacial score (nSPS) is 15.0. The summed E-state index contributed by atoms with van der Waals surface area (Å²) >= 11 is 12.2. The van der Waals surface area contributed by atoms with E-state index in [0.717, 1.165) is 11.1 Å². The topological polar surface area (TPSA) is 76.5 Å². The van der Waals surface area contributed by atoms with Crippen molar-refractivity contribution in [2.75, 3.05) is 26.2 Å². The molecule has 1 saturated heterocycles. The third kappa shape index (κ3) is 4.14. The molecule has 1 fully saturated rings. The van der Waals surface area contributed by atoms with E-state index in [1.807, 2.05) is 48.5 Å². The summed E-state index contributed by atoms with van der Waals surface area (Å²) in [6.07, 6.45) is 0. The van der Waals surface area contributed by atoms with Crippen LogP contribution in [0.25, 0.3) is 0 Å². The Labute approximate surface area is 183 Å². The highest BCUT2D eigenvalue weighted by Crippen LogP contribution is 2.31. The molecule has 1 amide bonds. The van der Waals surface area contributed by atoms with Crippen LogP contribution in [0.15, 0.2) is 53.2 Å². The smallest absolute Gasteiger partial charge is 0.308 e. The molecule has 0 aliphatic carbocycles. The van der Waals surface area contributed by atoms with Crippen LogP contribution >= 0.6 is 23.2 Å². The second-order valence-corrected chi connectivity index (χ2v) is 8.07. The fourth-order valence-corrected chi connectivity index (χ4v) is 3.97. The third-order valence-corrected chi connectivity index (χ3v) is 5.87. The average Bonchev–Trinajstić information content (AvgIpc) is 3.09. The summed E-state index contributed by atoms with van der Waals surface area (Å²) in [6, 6.07) is 15.6. The predicted octanol–water partition coefficient (Wildman–Crippen LogP) is 3.47. The van der Waals surface area contributed by atoms with Gasteiger partial charge in [-0.3, -0.25) is 14.3 Å². The van der Waals surface area contributed by atoms with E-state index in [1.54, 1.807) is 4.90 Å². The standard InChI is InChI=1S/C21H20Cl2N4O3/c1-14-19(24-30-27(14)29)21(28)26-12-10-25(11-13-26)20(15-2-6-17(22)7-3-15)16-4-8-18(23)9-5-16/h2-9,20H,10-13H2,1H3. The molecule has 2 heterocycles. The molecular weight excluding hydrogens is 427 g/mol. The van der Waals surface area contributed by atoms with Gasteiger partial charge in [-0.15, -0.1) is 0 Å². The number of carbonyl (C=O) groups excluding carboxylic acids is 1. The molecule has 3 aromatic rings. The first-order valence-electron chi connectivity index (χ1n) is 9.54. The highest BCUT2D eigenvalue weighted by molar-refractivity contribution is 6.30. The van der Waals surface area contributed by atoms with Crippen LogP contribution in [0.4, 0.5) is 0 Å². The molecule has 0 bridgehead atoms. The Kier molecular flexibility index (Phi) is 5.94. The second kappa shape index (κ2) is 8.63. The van der Waals surface area contributed by atoms with Gasteiger partial charge < -0.3 is 10.1 Å². The number of hydrogen-bond donors (Lipinski definition) is 0. The molecule has 30 heavy (non-hydrogen) atoms. The van der Waals surface area contributed by atoms with Crippen molar-refractivity contribution in [1.82, 2.24) is 15.0 Å². The Morgan fingerprint density at radius 2 is 1.50 bits per heavy atom. The van der Waals surface area contributed by atoms with Gasteiger partial charge in [0.15, 0.2) is 0 Å². The molecule has 0 saturated carbocycles. The van der Waals surface area contributed by atoms with E-state index >= 15 is 0 Å². The second-order valence-electron chi connectivity index (χ2n) is 7.20. The van der Waals surface area contributed by atoms with E-state index in [4.69, 9.17) is 23.2 Å². The summed E-state index contributed by atoms with van der Waals surface area (Å²) in [7, 11) is 0. The highest BCUT2D eigenvalue weighted by Gasteiger charge is 2.32. The summed E-state index contributed by atoms with van der Waals surface area (Å²) in [5.41, 5.74) is 2.45. The maximum atomic E-state index is 12.7. The van der Waals surface area contributed by atoms with Gasteiger partial charge in [0.2, 0.25) is 5.69 Å². The van der Waals surface area contributed by atoms with E-state index in [0.29, 0.717) is 36.2 Å². The van der Waals surface area contributed by atoms with Gasteiger partial charge in [-0.1, -0.05) is 47.5 Å². The zero-order valence-electron chi connectivity index (χ0n) is 16.3. The monoisotopic (exact) mass is 446 g/mol. The summed E-state index contributed by atoms with van der Waals surface area (Å²) in [4.78, 5) is 17.0. The van der Waals surface area contributed by atoms with Gasteiger partial charge in [-0.05, 0) is 40.3 Å². The number of aromatic nitrogens is 2. The Hall–Kier alpha value is -2.61. The number of hydrogen-bond acceptors (Lipinski definition) is 5. The Bertz CT molecular complexity index is 984. The first-order chi connectivity index (χ1) is 14.4. The van der Waals surface area contributed by atoms with E-state index < -0.39 is 0 Å². The zero-order chi connectivity index (χ0) is 21.3. The summed E-state index contributed by atoms with van der Waals surface area (Å²) in [5.74, 6) is -0.292. The molecule has 0 atom stereocenters. The molecule has 9 heteroatoms. The molecule has 0 unspecified atom stereocenters. The molecular formula is C21H20Cl2N4O3. The van der Waals surface area contributed by atoms with Gasteiger partial charge in [0.1, 0.15) is 0 Å². The maximum absolute atomic E-state index is 12.7. The van der Waals surface area contributed by atoms with Crippen molar-refractivity contribution in [1.29, 1.82) is 0 Å². The zero-order valence-corrected chi connectivity index (χ0v) is 17.8. The van der Waals surface area contributed by atoms with Crippen LogP contribution < -0.4 is 4.90 Å². The largest absolute Gasteiger partial charge is 0.359 e. The molecule has 0 N–H and O–H groups in total. The predicted molar refractivity (Wildman–Crippen MR) is 112 cm³/mol. The number of nitrogens with zero attached hydrogens (tertiary/aromatic N) is 4. The van der Waals surface area contributed by atoms with Crippen molar-refractivity contribution in [3.05, 3.63) is 86.3 Å². The van der Waals surface area contributed by atoms with Crippen LogP contribution in [-0.4, -0.2) is 47.0 Å². The number of carbonyl (C=O) groups is 1. The van der Waals surface area contributed by atoms with Crippen LogP contribution in [0, 0.1) is 12.1 Å². The SMILES string of the molecule is Cc1c(C(=O)N2CCN(C(c3ccc(Cl)cc3)c3ccc(Cl)cc3)CC2)no[n+]1[O-]. The lowest BCUT2D eigenvalue weighted by molar-refractivity contribution is -0.806. The van der Waals surface area contributed by atoms with E-state index in [2.05, 4.69) is 14.7 Å². The molecule has 156 valence electrons. The molecule has 1 aliphatic rings. The molecule has 0 spiro atoms. The summed E-state index contributed by atoms with van der Waals surface area (Å²) in [6.45, 7) is 3.87. The molecule has 2 aromatic carbocycles. The van der Waals surface area contributed by atoms with Crippen LogP contribution in [0.5, 0.6) is 0 Å². The maximum Gasteiger partial charge on any atom is 0.308 e. The lowest BCUT2D eigenvalue weighted by Crippen LogP contribution is -2.50. The van der Waals surface area contributed by atoms with E-state index in [9.17, 15) is 10.0 Å². The van der Waals surface area contributed by atoms with Crippen LogP contribution in [-0.2, 0) is 0 Å². The Balaban J connectivity index is 1.54. The van der Waals surface area contributed by atoms with E-state index in [-0.39, 0.29) is 28.2 Å². The molecule has 4 rings (SSSR count). The lowest BCUT2D eigenvalue weighted by Gasteiger charge is -2.39. The van der Waals surface area contributed by atoms with E-state index in [1.165, 1.54) is 6.92 Å². The van der Waals surface area contributed by atoms with Crippen molar-refractivity contribution < 1.29 is 14.3 Å². The van der Waals surface area contributed by atoms with Crippen molar-refractivity contribution >= 4 is 29.1 Å². The van der Waals surface area contributed by atoms with Gasteiger partial charge in [0, 0.05) is 43.1 Å². The number of benzene rings is 2. The minimum atomic E-state index is -0.292. The summed E-state index contributed by atoms with van der Waals surface area (Å²) in [5, 5.41) is 16.4. The van der Waals surface area contributed by atoms with Gasteiger partial charge in [0.05, 0.1) is 11.2 Å². The highest BCUT2D eigenvalue weighted by atomic mass is 35.5. The Morgan fingerprint density at radius 3 is 1.93 bits per heavy atom. The fraction of sp³-hybridized carbons (Fsp3) is 0.286. The minimum absolute atomic E-state index is 0.00868. The van der Waals surface area contributed by atoms with Crippen molar-refractivity contribution in [2.45, 2.75) is 13.0 Å². The lowest BCUT2D eigenvalue weighted by atomic mass is 9.96. The third-order valence-electron chi connectivity index (χ3n) is 5.36. The van der Waals surface area contributed by atoms with Crippen LogP contribution in [0.2, 0.25) is 10.0 Å². The number of rotatable bonds is 4. The Morgan fingerprint density at radius 1 is 1.00 bits per heavy atom.